The second-order valence-electron chi connectivity index (χ2n) is 2.22. The third-order valence-corrected chi connectivity index (χ3v) is 1.62. The van der Waals surface area contributed by atoms with Gasteiger partial charge in [0.05, 0.1) is 5.82 Å². The molecule has 0 spiro atoms. The first-order valence-electron chi connectivity index (χ1n) is 3.35. The Kier molecular flexibility index (Phi) is 7.58. The lowest BCUT2D eigenvalue weighted by Gasteiger charge is -1.88. The summed E-state index contributed by atoms with van der Waals surface area (Å²) >= 11 is 0. The molecule has 0 saturated heterocycles. The Balaban J connectivity index is 0. The highest BCUT2D eigenvalue weighted by atomic mass is 31.2. The van der Waals surface area contributed by atoms with Crippen LogP contribution < -0.4 is 0 Å². The van der Waals surface area contributed by atoms with E-state index in [1.807, 2.05) is 5.73 Å². The Morgan fingerprint density at radius 2 is 1.53 bits per heavy atom. The summed E-state index contributed by atoms with van der Waals surface area (Å²) in [5.74, 6) is 0.869. The van der Waals surface area contributed by atoms with Gasteiger partial charge in [0.2, 0.25) is 0 Å². The lowest BCUT2D eigenvalue weighted by atomic mass is 10.6. The molecular formula is C6H12O7P2. The largest absolute Gasteiger partial charge is 0.505 e. The first-order chi connectivity index (χ1) is 6.48. The quantitative estimate of drug-likeness (QED) is 0.283. The highest BCUT2D eigenvalue weighted by Gasteiger charge is 2.04. The minimum absolute atomic E-state index is 0.252. The van der Waals surface area contributed by atoms with Gasteiger partial charge in [-0.15, -0.1) is 0 Å². The van der Waals surface area contributed by atoms with Crippen molar-refractivity contribution in [2.45, 2.75) is 6.92 Å². The van der Waals surface area contributed by atoms with Gasteiger partial charge in [-0.1, -0.05) is 12.3 Å². The molecule has 88 valence electrons. The van der Waals surface area contributed by atoms with E-state index in [1.54, 1.807) is 0 Å². The summed E-state index contributed by atoms with van der Waals surface area (Å²) < 4.78 is 19.6. The van der Waals surface area contributed by atoms with Crippen molar-refractivity contribution in [1.29, 1.82) is 0 Å². The Morgan fingerprint density at radius 3 is 1.60 bits per heavy atom. The predicted molar refractivity (Wildman–Crippen MR) is 54.2 cm³/mol. The fourth-order valence-electron chi connectivity index (χ4n) is 0.178. The van der Waals surface area contributed by atoms with E-state index >= 15 is 0 Å². The van der Waals surface area contributed by atoms with E-state index in [2.05, 4.69) is 6.58 Å². The second-order valence-corrected chi connectivity index (χ2v) is 5.20. The summed E-state index contributed by atoms with van der Waals surface area (Å²) in [6.45, 7) is 4.14. The highest BCUT2D eigenvalue weighted by Crippen LogP contribution is 2.35. The molecule has 0 atom stereocenters. The molecule has 0 aliphatic heterocycles. The number of allylic oxidation sites excluding steroid dienone is 1. The van der Waals surface area contributed by atoms with Crippen molar-refractivity contribution in [3.8, 4) is 0 Å². The molecule has 0 saturated carbocycles. The molecule has 0 radical (unpaired) electrons. The molecule has 7 nitrogen and oxygen atoms in total. The molecule has 0 amide bonds. The van der Waals surface area contributed by atoms with E-state index < -0.39 is 15.2 Å². The van der Waals surface area contributed by atoms with Crippen molar-refractivity contribution < 1.29 is 33.8 Å². The van der Waals surface area contributed by atoms with Gasteiger partial charge in [0.1, 0.15) is 5.76 Å². The summed E-state index contributed by atoms with van der Waals surface area (Å²) in [6, 6.07) is 0. The fraction of sp³-hybridized carbons (Fsp3) is 0.167. The molecule has 0 unspecified atom stereocenters. The van der Waals surface area contributed by atoms with Gasteiger partial charge in [-0.05, 0) is 0 Å². The number of rotatable bonds is 2. The molecule has 0 fully saturated rings. The van der Waals surface area contributed by atoms with Crippen molar-refractivity contribution in [1.82, 2.24) is 0 Å². The van der Waals surface area contributed by atoms with Crippen molar-refractivity contribution in [3.05, 3.63) is 29.7 Å². The van der Waals surface area contributed by atoms with E-state index in [9.17, 15) is 9.13 Å². The van der Waals surface area contributed by atoms with Crippen LogP contribution in [-0.2, 0) is 9.13 Å². The van der Waals surface area contributed by atoms with E-state index in [0.29, 0.717) is 11.6 Å². The lowest BCUT2D eigenvalue weighted by molar-refractivity contribution is 0.383. The van der Waals surface area contributed by atoms with Crippen LogP contribution in [0.25, 0.3) is 0 Å². The summed E-state index contributed by atoms with van der Waals surface area (Å²) in [5, 5.41) is 8.35. The predicted octanol–water partition coefficient (Wildman–Crippen LogP) is 1.05. The van der Waals surface area contributed by atoms with Gasteiger partial charge in [0.15, 0.2) is 0 Å². The first kappa shape index (κ1) is 16.8. The first-order valence-corrected chi connectivity index (χ1v) is 6.72. The number of hydrogen-bond acceptors (Lipinski definition) is 3. The zero-order valence-corrected chi connectivity index (χ0v) is 9.60. The zero-order chi connectivity index (χ0) is 12.7. The van der Waals surface area contributed by atoms with E-state index in [4.69, 9.17) is 24.7 Å². The van der Waals surface area contributed by atoms with Crippen molar-refractivity contribution in [2.24, 2.45) is 0 Å². The Morgan fingerprint density at radius 1 is 1.20 bits per heavy atom. The average Bonchev–Trinajstić information content (AvgIpc) is 2.00. The highest BCUT2D eigenvalue weighted by molar-refractivity contribution is 7.55. The SMILES string of the molecule is C=CP(=O)(O)O.CC(O)=C=CP(=O)(O)O. The van der Waals surface area contributed by atoms with Crippen LogP contribution in [0.1, 0.15) is 6.92 Å². The van der Waals surface area contributed by atoms with E-state index in [-0.39, 0.29) is 5.76 Å². The van der Waals surface area contributed by atoms with Crippen molar-refractivity contribution >= 4 is 15.2 Å². The number of hydrogen-bond donors (Lipinski definition) is 5. The molecule has 0 aromatic rings. The third-order valence-electron chi connectivity index (χ3n) is 0.679. The monoisotopic (exact) mass is 258 g/mol. The summed E-state index contributed by atoms with van der Waals surface area (Å²) in [6.07, 6.45) is 0. The molecule has 0 bridgehead atoms. The van der Waals surface area contributed by atoms with Gasteiger partial charge in [-0.25, -0.2) is 0 Å². The molecule has 0 aromatic heterocycles. The maximum absolute atomic E-state index is 9.99. The molecule has 0 aromatic carbocycles. The van der Waals surface area contributed by atoms with Crippen molar-refractivity contribution in [2.75, 3.05) is 0 Å². The Hall–Kier alpha value is -0.640. The maximum atomic E-state index is 9.99. The van der Waals surface area contributed by atoms with Gasteiger partial charge in [0, 0.05) is 12.7 Å². The van der Waals surface area contributed by atoms with E-state index in [1.165, 1.54) is 6.92 Å². The van der Waals surface area contributed by atoms with Gasteiger partial charge in [-0.3, -0.25) is 9.13 Å². The fourth-order valence-corrected chi connectivity index (χ4v) is 0.533. The lowest BCUT2D eigenvalue weighted by Crippen LogP contribution is -1.67. The normalized spacial score (nSPS) is 10.5. The number of aliphatic hydroxyl groups is 1. The Labute approximate surface area is 86.4 Å². The Bertz CT molecular complexity index is 350. The summed E-state index contributed by atoms with van der Waals surface area (Å²) in [5.41, 5.74) is 1.97. The molecule has 5 N–H and O–H groups in total. The molecule has 0 aliphatic carbocycles. The van der Waals surface area contributed by atoms with Gasteiger partial charge >= 0.3 is 15.2 Å². The topological polar surface area (TPSA) is 135 Å². The molecule has 15 heavy (non-hydrogen) atoms. The maximum Gasteiger partial charge on any atom is 0.356 e. The summed E-state index contributed by atoms with van der Waals surface area (Å²) in [7, 11) is -8.02. The molecular weight excluding hydrogens is 246 g/mol. The average molecular weight is 258 g/mol. The van der Waals surface area contributed by atoms with Crippen LogP contribution in [0.4, 0.5) is 0 Å². The van der Waals surface area contributed by atoms with Crippen LogP contribution in [0.3, 0.4) is 0 Å². The summed E-state index contributed by atoms with van der Waals surface area (Å²) in [4.78, 5) is 31.9. The molecule has 9 heteroatoms. The molecule has 0 rings (SSSR count). The van der Waals surface area contributed by atoms with Crippen molar-refractivity contribution in [3.63, 3.8) is 0 Å². The van der Waals surface area contributed by atoms with Crippen LogP contribution >= 0.6 is 15.2 Å². The number of aliphatic hydroxyl groups excluding tert-OH is 1. The van der Waals surface area contributed by atoms with Gasteiger partial charge < -0.3 is 24.7 Å². The van der Waals surface area contributed by atoms with E-state index in [0.717, 1.165) is 0 Å². The minimum atomic E-state index is -4.14. The minimum Gasteiger partial charge on any atom is -0.505 e. The second kappa shape index (κ2) is 6.77. The van der Waals surface area contributed by atoms with Crippen LogP contribution in [0.5, 0.6) is 0 Å². The van der Waals surface area contributed by atoms with Gasteiger partial charge in [0.25, 0.3) is 0 Å². The molecule has 0 aliphatic rings. The van der Waals surface area contributed by atoms with Gasteiger partial charge in [-0.2, -0.15) is 0 Å². The zero-order valence-electron chi connectivity index (χ0n) is 7.81. The van der Waals surface area contributed by atoms with Crippen LogP contribution in [0, 0.1) is 0 Å². The standard InChI is InChI=1S/C4H7O4P.C2H5O3P/c1-4(5)2-3-9(6,7)8;1-2-6(3,4)5/h3,5H,1H3,(H2,6,7,8);2H,1H2,(H2,3,4,5). The third kappa shape index (κ3) is 24.7. The van der Waals surface area contributed by atoms with Crippen LogP contribution in [0.2, 0.25) is 0 Å². The smallest absolute Gasteiger partial charge is 0.356 e. The van der Waals surface area contributed by atoms with Crippen LogP contribution in [0.15, 0.2) is 29.7 Å². The molecule has 0 heterocycles. The van der Waals surface area contributed by atoms with Crippen LogP contribution in [-0.4, -0.2) is 24.7 Å².